The molecule has 1 aliphatic heterocycles. The van der Waals surface area contributed by atoms with E-state index >= 15 is 0 Å². The molecular formula is C14H28N2O. The van der Waals surface area contributed by atoms with Crippen LogP contribution in [-0.4, -0.2) is 37.0 Å². The van der Waals surface area contributed by atoms with Crippen molar-refractivity contribution in [3.63, 3.8) is 0 Å². The Bertz CT molecular complexity index is 216. The molecule has 3 nitrogen and oxygen atoms in total. The number of nitrogens with zero attached hydrogens (tertiary/aromatic N) is 1. The molecular weight excluding hydrogens is 212 g/mol. The van der Waals surface area contributed by atoms with Crippen LogP contribution < -0.4 is 5.32 Å². The van der Waals surface area contributed by atoms with Crippen LogP contribution in [0.15, 0.2) is 0 Å². The quantitative estimate of drug-likeness (QED) is 0.773. The molecule has 17 heavy (non-hydrogen) atoms. The Morgan fingerprint density at radius 1 is 1.24 bits per heavy atom. The molecule has 0 aliphatic carbocycles. The van der Waals surface area contributed by atoms with Gasteiger partial charge in [-0.25, -0.2) is 0 Å². The fourth-order valence-electron chi connectivity index (χ4n) is 2.73. The fourth-order valence-corrected chi connectivity index (χ4v) is 2.73. The minimum absolute atomic E-state index is 0.274. The predicted molar refractivity (Wildman–Crippen MR) is 72.0 cm³/mol. The van der Waals surface area contributed by atoms with E-state index in [4.69, 9.17) is 0 Å². The zero-order valence-corrected chi connectivity index (χ0v) is 11.7. The topological polar surface area (TPSA) is 32.3 Å². The van der Waals surface area contributed by atoms with Gasteiger partial charge in [-0.1, -0.05) is 26.7 Å². The molecule has 1 N–H and O–H groups in total. The molecule has 100 valence electrons. The first-order valence-electron chi connectivity index (χ1n) is 7.18. The highest BCUT2D eigenvalue weighted by molar-refractivity contribution is 5.78. The molecule has 1 heterocycles. The molecule has 0 aromatic carbocycles. The molecule has 1 saturated heterocycles. The number of likely N-dealkylation sites (tertiary alicyclic amines) is 1. The second kappa shape index (κ2) is 7.70. The molecule has 3 heteroatoms. The van der Waals surface area contributed by atoms with Crippen molar-refractivity contribution < 1.29 is 4.79 Å². The average molecular weight is 240 g/mol. The number of piperidine rings is 1. The highest BCUT2D eigenvalue weighted by atomic mass is 16.2. The van der Waals surface area contributed by atoms with Crippen LogP contribution in [-0.2, 0) is 4.79 Å². The summed E-state index contributed by atoms with van der Waals surface area (Å²) in [6.07, 6.45) is 6.55. The van der Waals surface area contributed by atoms with Crippen molar-refractivity contribution in [2.24, 2.45) is 5.92 Å². The molecule has 0 saturated carbocycles. The summed E-state index contributed by atoms with van der Waals surface area (Å²) in [5.41, 5.74) is 0. The lowest BCUT2D eigenvalue weighted by atomic mass is 9.95. The van der Waals surface area contributed by atoms with Crippen molar-refractivity contribution in [2.45, 2.75) is 58.4 Å². The Kier molecular flexibility index (Phi) is 6.56. The molecule has 0 bridgehead atoms. The standard InChI is InChI=1S/C14H28N2O/c1-4-6-12(7-5-2)14(17)16-10-8-13(15-3)9-11-16/h12-13,15H,4-11H2,1-3H3. The van der Waals surface area contributed by atoms with Crippen molar-refractivity contribution in [2.75, 3.05) is 20.1 Å². The van der Waals surface area contributed by atoms with Crippen molar-refractivity contribution in [1.29, 1.82) is 0 Å². The van der Waals surface area contributed by atoms with Crippen molar-refractivity contribution in [3.05, 3.63) is 0 Å². The highest BCUT2D eigenvalue weighted by Crippen LogP contribution is 2.19. The number of hydrogen-bond donors (Lipinski definition) is 1. The van der Waals surface area contributed by atoms with E-state index in [2.05, 4.69) is 24.1 Å². The second-order valence-corrected chi connectivity index (χ2v) is 5.16. The van der Waals surface area contributed by atoms with E-state index in [1.807, 2.05) is 7.05 Å². The van der Waals surface area contributed by atoms with E-state index < -0.39 is 0 Å². The summed E-state index contributed by atoms with van der Waals surface area (Å²) in [5, 5.41) is 3.30. The molecule has 0 spiro atoms. The van der Waals surface area contributed by atoms with Gasteiger partial charge >= 0.3 is 0 Å². The molecule has 0 atom stereocenters. The van der Waals surface area contributed by atoms with Crippen LogP contribution in [0.2, 0.25) is 0 Å². The third-order valence-corrected chi connectivity index (χ3v) is 3.84. The molecule has 0 aromatic heterocycles. The first-order valence-corrected chi connectivity index (χ1v) is 7.18. The highest BCUT2D eigenvalue weighted by Gasteiger charge is 2.26. The summed E-state index contributed by atoms with van der Waals surface area (Å²) >= 11 is 0. The summed E-state index contributed by atoms with van der Waals surface area (Å²) in [6.45, 7) is 6.22. The number of rotatable bonds is 6. The van der Waals surface area contributed by atoms with Crippen molar-refractivity contribution >= 4 is 5.91 Å². The van der Waals surface area contributed by atoms with Gasteiger partial charge in [0.25, 0.3) is 0 Å². The van der Waals surface area contributed by atoms with E-state index in [0.29, 0.717) is 11.9 Å². The minimum Gasteiger partial charge on any atom is -0.342 e. The Hall–Kier alpha value is -0.570. The Morgan fingerprint density at radius 3 is 2.18 bits per heavy atom. The van der Waals surface area contributed by atoms with Crippen LogP contribution in [0.5, 0.6) is 0 Å². The molecule has 1 fully saturated rings. The van der Waals surface area contributed by atoms with E-state index in [1.54, 1.807) is 0 Å². The summed E-state index contributed by atoms with van der Waals surface area (Å²) in [7, 11) is 2.01. The Morgan fingerprint density at radius 2 is 1.76 bits per heavy atom. The van der Waals surface area contributed by atoms with Crippen LogP contribution in [0.4, 0.5) is 0 Å². The first-order chi connectivity index (χ1) is 8.22. The molecule has 1 amide bonds. The van der Waals surface area contributed by atoms with Crippen LogP contribution in [0, 0.1) is 5.92 Å². The Labute approximate surface area is 106 Å². The van der Waals surface area contributed by atoms with Gasteiger partial charge in [-0.3, -0.25) is 4.79 Å². The van der Waals surface area contributed by atoms with E-state index in [9.17, 15) is 4.79 Å². The van der Waals surface area contributed by atoms with Gasteiger partial charge in [0, 0.05) is 25.0 Å². The van der Waals surface area contributed by atoms with E-state index in [-0.39, 0.29) is 5.92 Å². The predicted octanol–water partition coefficient (Wildman–Crippen LogP) is 2.41. The maximum absolute atomic E-state index is 12.4. The monoisotopic (exact) mass is 240 g/mol. The van der Waals surface area contributed by atoms with Gasteiger partial charge in [0.1, 0.15) is 0 Å². The lowest BCUT2D eigenvalue weighted by Crippen LogP contribution is -2.46. The molecule has 1 rings (SSSR count). The van der Waals surface area contributed by atoms with Gasteiger partial charge in [0.15, 0.2) is 0 Å². The lowest BCUT2D eigenvalue weighted by Gasteiger charge is -2.34. The lowest BCUT2D eigenvalue weighted by molar-refractivity contribution is -0.137. The van der Waals surface area contributed by atoms with Gasteiger partial charge in [0.2, 0.25) is 5.91 Å². The number of amides is 1. The van der Waals surface area contributed by atoms with Gasteiger partial charge in [-0.05, 0) is 32.7 Å². The molecule has 0 unspecified atom stereocenters. The molecule has 0 aromatic rings. The zero-order valence-electron chi connectivity index (χ0n) is 11.7. The van der Waals surface area contributed by atoms with Crippen LogP contribution in [0.3, 0.4) is 0 Å². The van der Waals surface area contributed by atoms with Gasteiger partial charge in [-0.15, -0.1) is 0 Å². The summed E-state index contributed by atoms with van der Waals surface area (Å²) < 4.78 is 0. The van der Waals surface area contributed by atoms with Gasteiger partial charge < -0.3 is 10.2 Å². The van der Waals surface area contributed by atoms with Crippen LogP contribution in [0.1, 0.15) is 52.4 Å². The largest absolute Gasteiger partial charge is 0.342 e. The van der Waals surface area contributed by atoms with Crippen molar-refractivity contribution in [3.8, 4) is 0 Å². The first kappa shape index (κ1) is 14.5. The molecule has 0 radical (unpaired) electrons. The van der Waals surface area contributed by atoms with E-state index in [0.717, 1.165) is 51.6 Å². The summed E-state index contributed by atoms with van der Waals surface area (Å²) in [4.78, 5) is 14.5. The Balaban J connectivity index is 2.45. The third kappa shape index (κ3) is 4.30. The third-order valence-electron chi connectivity index (χ3n) is 3.84. The second-order valence-electron chi connectivity index (χ2n) is 5.16. The van der Waals surface area contributed by atoms with Crippen molar-refractivity contribution in [1.82, 2.24) is 10.2 Å². The minimum atomic E-state index is 0.274. The maximum Gasteiger partial charge on any atom is 0.225 e. The summed E-state index contributed by atoms with van der Waals surface area (Å²) in [6, 6.07) is 0.606. The molecule has 1 aliphatic rings. The smallest absolute Gasteiger partial charge is 0.225 e. The van der Waals surface area contributed by atoms with E-state index in [1.165, 1.54) is 0 Å². The SMILES string of the molecule is CCCC(CCC)C(=O)N1CCC(NC)CC1. The number of nitrogens with one attached hydrogen (secondary N) is 1. The van der Waals surface area contributed by atoms with Gasteiger partial charge in [-0.2, -0.15) is 0 Å². The maximum atomic E-state index is 12.4. The summed E-state index contributed by atoms with van der Waals surface area (Å²) in [5.74, 6) is 0.680. The normalized spacial score (nSPS) is 17.8. The number of carbonyl (C=O) groups is 1. The van der Waals surface area contributed by atoms with Gasteiger partial charge in [0.05, 0.1) is 0 Å². The average Bonchev–Trinajstić information content (AvgIpc) is 2.38. The number of hydrogen-bond acceptors (Lipinski definition) is 2. The van der Waals surface area contributed by atoms with Crippen LogP contribution >= 0.6 is 0 Å². The zero-order chi connectivity index (χ0) is 12.7. The number of carbonyl (C=O) groups excluding carboxylic acids is 1. The fraction of sp³-hybridized carbons (Fsp3) is 0.929. The van der Waals surface area contributed by atoms with Crippen LogP contribution in [0.25, 0.3) is 0 Å².